The van der Waals surface area contributed by atoms with E-state index in [2.05, 4.69) is 15.7 Å². The van der Waals surface area contributed by atoms with Crippen LogP contribution in [0.1, 0.15) is 69.3 Å². The molecule has 0 aliphatic carbocycles. The molecule has 4 N–H and O–H groups in total. The zero-order chi connectivity index (χ0) is 43.1. The number of hydrogen-bond donors (Lipinski definition) is 4. The number of pyridine rings is 1. The first-order valence-corrected chi connectivity index (χ1v) is 20.0. The number of morpholine rings is 1. The van der Waals surface area contributed by atoms with Crippen LogP contribution in [0.25, 0.3) is 22.2 Å². The molecule has 2 amide bonds. The Morgan fingerprint density at radius 2 is 1.85 bits per heavy atom. The minimum Gasteiger partial charge on any atom is -0.480 e. The number of aromatic nitrogens is 2. The van der Waals surface area contributed by atoms with E-state index in [0.717, 1.165) is 10.1 Å². The van der Waals surface area contributed by atoms with E-state index in [1.54, 1.807) is 61.7 Å². The van der Waals surface area contributed by atoms with Crippen LogP contribution in [0.5, 0.6) is 0 Å². The SMILES string of the molecule is CO[C@@H](C)c1ncccc1-c1c(CC(C)(C)CO)c2cc(N3CCOC(CC(NC(=O)OCc4ccccc4)C(=O)N4CCCC(C(=O)O)N4)C3)ccc2n1C(F)C(F)F. The minimum atomic E-state index is -3.35. The summed E-state index contributed by atoms with van der Waals surface area (Å²) in [5, 5.41) is 24.4. The van der Waals surface area contributed by atoms with Crippen LogP contribution in [0.2, 0.25) is 0 Å². The highest BCUT2D eigenvalue weighted by molar-refractivity contribution is 5.95. The molecule has 324 valence electrons. The predicted molar refractivity (Wildman–Crippen MR) is 217 cm³/mol. The summed E-state index contributed by atoms with van der Waals surface area (Å²) in [4.78, 5) is 45.4. The Morgan fingerprint density at radius 3 is 2.55 bits per heavy atom. The minimum absolute atomic E-state index is 0.00375. The number of hydrazine groups is 1. The summed E-state index contributed by atoms with van der Waals surface area (Å²) >= 11 is 0. The number of carbonyl (C=O) groups is 3. The molecular weight excluding hydrogens is 786 g/mol. The number of anilines is 1. The molecule has 6 rings (SSSR count). The molecule has 2 aliphatic rings. The summed E-state index contributed by atoms with van der Waals surface area (Å²) in [6.07, 6.45) is -5.55. The average Bonchev–Trinajstić information content (AvgIpc) is 3.56. The molecule has 2 saturated heterocycles. The highest BCUT2D eigenvalue weighted by Crippen LogP contribution is 2.44. The molecule has 0 saturated carbocycles. The molecule has 0 bridgehead atoms. The van der Waals surface area contributed by atoms with Crippen molar-refractivity contribution in [1.82, 2.24) is 25.3 Å². The lowest BCUT2D eigenvalue weighted by atomic mass is 9.84. The molecule has 4 aromatic rings. The summed E-state index contributed by atoms with van der Waals surface area (Å²) in [6, 6.07) is 15.4. The highest BCUT2D eigenvalue weighted by atomic mass is 19.3. The molecule has 0 radical (unpaired) electrons. The molecule has 2 aromatic carbocycles. The first-order valence-electron chi connectivity index (χ1n) is 20.0. The zero-order valence-electron chi connectivity index (χ0n) is 34.2. The lowest BCUT2D eigenvalue weighted by Crippen LogP contribution is -2.60. The van der Waals surface area contributed by atoms with E-state index >= 15 is 4.39 Å². The van der Waals surface area contributed by atoms with Crippen LogP contribution in [-0.2, 0) is 36.8 Å². The molecule has 4 unspecified atom stereocenters. The molecule has 17 heteroatoms. The number of aliphatic carboxylic acids is 1. The predicted octanol–water partition coefficient (Wildman–Crippen LogP) is 6.18. The smallest absolute Gasteiger partial charge is 0.408 e. The van der Waals surface area contributed by atoms with Gasteiger partial charge in [0.2, 0.25) is 6.30 Å². The maximum atomic E-state index is 16.0. The third-order valence-corrected chi connectivity index (χ3v) is 11.0. The van der Waals surface area contributed by atoms with Crippen LogP contribution in [0, 0.1) is 5.41 Å². The quantitative estimate of drug-likeness (QED) is 0.102. The van der Waals surface area contributed by atoms with Crippen LogP contribution in [0.15, 0.2) is 66.9 Å². The molecular formula is C43H53F3N6O8. The van der Waals surface area contributed by atoms with Gasteiger partial charge < -0.3 is 39.2 Å². The zero-order valence-corrected chi connectivity index (χ0v) is 34.2. The van der Waals surface area contributed by atoms with Gasteiger partial charge in [-0.3, -0.25) is 19.6 Å². The number of nitrogens with zero attached hydrogens (tertiary/aromatic N) is 4. The van der Waals surface area contributed by atoms with Gasteiger partial charge in [-0.2, -0.15) is 0 Å². The summed E-state index contributed by atoms with van der Waals surface area (Å²) in [7, 11) is 1.50. The van der Waals surface area contributed by atoms with Crippen LogP contribution < -0.4 is 15.6 Å². The Bertz CT molecular complexity index is 2120. The van der Waals surface area contributed by atoms with Gasteiger partial charge in [0.05, 0.1) is 35.7 Å². The third kappa shape index (κ3) is 10.2. The maximum Gasteiger partial charge on any atom is 0.408 e. The van der Waals surface area contributed by atoms with Gasteiger partial charge in [-0.25, -0.2) is 23.4 Å². The summed E-state index contributed by atoms with van der Waals surface area (Å²) in [5.41, 5.74) is 5.30. The van der Waals surface area contributed by atoms with Gasteiger partial charge in [-0.1, -0.05) is 44.2 Å². The van der Waals surface area contributed by atoms with Crippen molar-refractivity contribution in [2.24, 2.45) is 5.41 Å². The number of hydrogen-bond acceptors (Lipinski definition) is 10. The van der Waals surface area contributed by atoms with E-state index in [4.69, 9.17) is 14.2 Å². The number of carbonyl (C=O) groups excluding carboxylic acids is 2. The fourth-order valence-corrected chi connectivity index (χ4v) is 7.79. The van der Waals surface area contributed by atoms with E-state index in [0.29, 0.717) is 47.3 Å². The lowest BCUT2D eigenvalue weighted by Gasteiger charge is -2.38. The summed E-state index contributed by atoms with van der Waals surface area (Å²) in [6.45, 7) is 6.27. The number of aliphatic hydroxyl groups excluding tert-OH is 1. The van der Waals surface area contributed by atoms with Crippen molar-refractivity contribution < 1.29 is 52.0 Å². The van der Waals surface area contributed by atoms with E-state index in [9.17, 15) is 33.4 Å². The van der Waals surface area contributed by atoms with Gasteiger partial charge in [0, 0.05) is 62.6 Å². The Hall–Kier alpha value is -5.23. The first kappa shape index (κ1) is 44.3. The Kier molecular flexibility index (Phi) is 14.4. The number of alkyl carbamates (subject to hydrolysis) is 1. The van der Waals surface area contributed by atoms with Crippen molar-refractivity contribution >= 4 is 34.6 Å². The van der Waals surface area contributed by atoms with Gasteiger partial charge in [0.1, 0.15) is 18.7 Å². The van der Waals surface area contributed by atoms with Gasteiger partial charge in [0.15, 0.2) is 0 Å². The van der Waals surface area contributed by atoms with Crippen LogP contribution in [0.4, 0.5) is 23.7 Å². The van der Waals surface area contributed by atoms with Crippen molar-refractivity contribution in [3.63, 3.8) is 0 Å². The van der Waals surface area contributed by atoms with Crippen molar-refractivity contribution in [3.8, 4) is 11.3 Å². The van der Waals surface area contributed by atoms with E-state index in [-0.39, 0.29) is 57.0 Å². The van der Waals surface area contributed by atoms with Crippen LogP contribution >= 0.6 is 0 Å². The maximum absolute atomic E-state index is 16.0. The second-order valence-corrected chi connectivity index (χ2v) is 16.0. The molecule has 2 fully saturated rings. The summed E-state index contributed by atoms with van der Waals surface area (Å²) < 4.78 is 63.0. The van der Waals surface area contributed by atoms with Gasteiger partial charge in [0.25, 0.3) is 12.3 Å². The highest BCUT2D eigenvalue weighted by Gasteiger charge is 2.37. The molecule has 2 aliphatic heterocycles. The number of ether oxygens (including phenoxy) is 3. The number of carboxylic acids is 1. The van der Waals surface area contributed by atoms with Crippen LogP contribution in [-0.4, -0.2) is 107 Å². The van der Waals surface area contributed by atoms with Crippen LogP contribution in [0.3, 0.4) is 0 Å². The first-order chi connectivity index (χ1) is 28.7. The lowest BCUT2D eigenvalue weighted by molar-refractivity contribution is -0.148. The Balaban J connectivity index is 1.34. The number of halogens is 3. The fourth-order valence-electron chi connectivity index (χ4n) is 7.79. The molecule has 14 nitrogen and oxygen atoms in total. The molecule has 0 spiro atoms. The standard InChI is InChI=1S/C43H53F3N6O8/c1-26(58-4)36-30(12-8-16-47-36)37-32(22-43(2,3)25-53)31-20-28(14-15-35(31)52(37)39(46)38(44)45)50-18-19-59-29(23-50)21-34(40(54)51-17-9-13-33(49-51)41(55)56)48-42(57)60-24-27-10-6-5-7-11-27/h5-8,10-12,14-16,20,26,29,33-34,38-39,49,53H,9,13,17-19,21-25H2,1-4H3,(H,48,57)(H,55,56)/t26-,29?,33?,34?,39?/m0/s1. The van der Waals surface area contributed by atoms with Crippen molar-refractivity contribution in [3.05, 3.63) is 83.7 Å². The monoisotopic (exact) mass is 838 g/mol. The Morgan fingerprint density at radius 1 is 1.08 bits per heavy atom. The molecule has 5 atom stereocenters. The molecule has 2 aromatic heterocycles. The van der Waals surface area contributed by atoms with Gasteiger partial charge in [-0.05, 0) is 73.1 Å². The van der Waals surface area contributed by atoms with E-state index in [1.807, 2.05) is 30.9 Å². The summed E-state index contributed by atoms with van der Waals surface area (Å²) in [5.74, 6) is -1.66. The van der Waals surface area contributed by atoms with Crippen molar-refractivity contribution in [1.29, 1.82) is 0 Å². The number of benzene rings is 2. The van der Waals surface area contributed by atoms with Gasteiger partial charge >= 0.3 is 12.1 Å². The van der Waals surface area contributed by atoms with E-state index < -0.39 is 60.4 Å². The second-order valence-electron chi connectivity index (χ2n) is 16.0. The molecule has 60 heavy (non-hydrogen) atoms. The number of fused-ring (bicyclic) bond motifs is 1. The topological polar surface area (TPSA) is 168 Å². The second kappa shape index (κ2) is 19.4. The van der Waals surface area contributed by atoms with Crippen molar-refractivity contribution in [2.45, 2.75) is 90.1 Å². The van der Waals surface area contributed by atoms with Gasteiger partial charge in [-0.15, -0.1) is 0 Å². The number of nitrogens with one attached hydrogen (secondary N) is 2. The number of methoxy groups -OCH3 is 1. The number of aliphatic hydroxyl groups is 1. The largest absolute Gasteiger partial charge is 0.480 e. The normalized spacial score (nSPS) is 18.9. The number of carboxylic acid groups (broad SMARTS) is 1. The fraction of sp³-hybridized carbons (Fsp3) is 0.488. The van der Waals surface area contributed by atoms with E-state index in [1.165, 1.54) is 12.1 Å². The number of rotatable bonds is 16. The third-order valence-electron chi connectivity index (χ3n) is 11.0. The number of amides is 2. The average molecular weight is 839 g/mol. The molecule has 4 heterocycles. The number of alkyl halides is 3. The Labute approximate surface area is 346 Å². The van der Waals surface area contributed by atoms with Crippen molar-refractivity contribution in [2.75, 3.05) is 44.9 Å².